The summed E-state index contributed by atoms with van der Waals surface area (Å²) in [4.78, 5) is 20.2. The molecule has 3 rings (SSSR count). The second-order valence-electron chi connectivity index (χ2n) is 5.89. The Morgan fingerprint density at radius 2 is 1.86 bits per heavy atom. The average molecular weight is 432 g/mol. The van der Waals surface area contributed by atoms with Crippen LogP contribution < -0.4 is 10.1 Å². The molecular weight excluding hydrogens is 416 g/mol. The number of nitrogens with zero attached hydrogens (tertiary/aromatic N) is 3. The minimum absolute atomic E-state index is 0.0547. The number of hydrogen-bond acceptors (Lipinski definition) is 6. The molecule has 8 nitrogen and oxygen atoms in total. The summed E-state index contributed by atoms with van der Waals surface area (Å²) in [5.41, 5.74) is 1.24. The average Bonchev–Trinajstić information content (AvgIpc) is 2.68. The summed E-state index contributed by atoms with van der Waals surface area (Å²) >= 11 is 5.95. The number of hydrogen-bond donors (Lipinski definition) is 1. The fraction of sp³-hybridized carbons (Fsp3) is 0.105. The number of nitrogens with one attached hydrogen (secondary N) is 1. The maximum Gasteiger partial charge on any atom is 0.259 e. The van der Waals surface area contributed by atoms with Gasteiger partial charge in [-0.25, -0.2) is 8.42 Å². The predicted octanol–water partition coefficient (Wildman–Crippen LogP) is 4.09. The van der Waals surface area contributed by atoms with Gasteiger partial charge in [0.2, 0.25) is 10.0 Å². The van der Waals surface area contributed by atoms with Gasteiger partial charge in [-0.2, -0.15) is 0 Å². The van der Waals surface area contributed by atoms with Crippen LogP contribution in [0.1, 0.15) is 16.1 Å². The van der Waals surface area contributed by atoms with Gasteiger partial charge in [0.1, 0.15) is 5.75 Å². The lowest BCUT2D eigenvalue weighted by Crippen LogP contribution is -2.13. The Bertz CT molecular complexity index is 1150. The van der Waals surface area contributed by atoms with E-state index in [0.29, 0.717) is 22.2 Å². The number of carbonyl (C=O) groups is 1. The number of anilines is 1. The van der Waals surface area contributed by atoms with Crippen molar-refractivity contribution in [1.29, 1.82) is 0 Å². The lowest BCUT2D eigenvalue weighted by molar-refractivity contribution is 0.102. The van der Waals surface area contributed by atoms with Crippen molar-refractivity contribution in [3.8, 4) is 5.75 Å². The SMILES string of the molecule is COc1ccc(Cl)cc1C(=O)Nc1ccc(S(=O)(=O)[N-]c2nccc(C)n2)cc1. The third kappa shape index (κ3) is 5.01. The van der Waals surface area contributed by atoms with Crippen molar-refractivity contribution in [2.75, 3.05) is 12.4 Å². The van der Waals surface area contributed by atoms with Crippen LogP contribution >= 0.6 is 11.6 Å². The quantitative estimate of drug-likeness (QED) is 0.628. The molecule has 1 heterocycles. The first-order valence-corrected chi connectivity index (χ1v) is 10.1. The molecular formula is C19H16ClN4O4S-. The molecule has 1 amide bonds. The number of aryl methyl sites for hydroxylation is 1. The van der Waals surface area contributed by atoms with Gasteiger partial charge >= 0.3 is 0 Å². The molecule has 0 aliphatic carbocycles. The number of sulfonamides is 1. The molecule has 10 heteroatoms. The summed E-state index contributed by atoms with van der Waals surface area (Å²) in [5, 5.41) is 3.05. The van der Waals surface area contributed by atoms with Crippen LogP contribution in [0.25, 0.3) is 4.72 Å². The van der Waals surface area contributed by atoms with E-state index in [2.05, 4.69) is 20.0 Å². The summed E-state index contributed by atoms with van der Waals surface area (Å²) in [5.74, 6) is -0.226. The first-order valence-electron chi connectivity index (χ1n) is 8.31. The second-order valence-corrected chi connectivity index (χ2v) is 7.93. The molecule has 0 saturated heterocycles. The lowest BCUT2D eigenvalue weighted by atomic mass is 10.2. The molecule has 3 aromatic rings. The van der Waals surface area contributed by atoms with Crippen molar-refractivity contribution >= 4 is 39.2 Å². The summed E-state index contributed by atoms with van der Waals surface area (Å²) in [6, 6.07) is 11.9. The molecule has 2 aromatic carbocycles. The molecule has 0 spiro atoms. The van der Waals surface area contributed by atoms with Crippen molar-refractivity contribution in [3.63, 3.8) is 0 Å². The molecule has 0 aliphatic heterocycles. The summed E-state index contributed by atoms with van der Waals surface area (Å²) < 4.78 is 33.6. The number of methoxy groups -OCH3 is 1. The Hall–Kier alpha value is -3.17. The van der Waals surface area contributed by atoms with Gasteiger partial charge in [-0.15, -0.1) is 0 Å². The molecule has 29 heavy (non-hydrogen) atoms. The molecule has 1 N–H and O–H groups in total. The van der Waals surface area contributed by atoms with E-state index in [1.54, 1.807) is 25.1 Å². The molecule has 1 aromatic heterocycles. The number of benzene rings is 2. The van der Waals surface area contributed by atoms with E-state index < -0.39 is 15.9 Å². The van der Waals surface area contributed by atoms with E-state index in [1.807, 2.05) is 0 Å². The van der Waals surface area contributed by atoms with Gasteiger partial charge in [0, 0.05) is 16.7 Å². The zero-order valence-corrected chi connectivity index (χ0v) is 17.0. The molecule has 0 atom stereocenters. The lowest BCUT2D eigenvalue weighted by Gasteiger charge is -2.14. The number of aromatic nitrogens is 2. The predicted molar refractivity (Wildman–Crippen MR) is 109 cm³/mol. The monoisotopic (exact) mass is 431 g/mol. The van der Waals surface area contributed by atoms with Crippen molar-refractivity contribution < 1.29 is 17.9 Å². The molecule has 0 bridgehead atoms. The van der Waals surface area contributed by atoms with Crippen molar-refractivity contribution in [3.05, 3.63) is 75.7 Å². The van der Waals surface area contributed by atoms with E-state index in [1.165, 1.54) is 43.6 Å². The molecule has 0 aliphatic rings. The Morgan fingerprint density at radius 3 is 2.52 bits per heavy atom. The van der Waals surface area contributed by atoms with Crippen LogP contribution in [0.2, 0.25) is 5.02 Å². The summed E-state index contributed by atoms with van der Waals surface area (Å²) in [7, 11) is -2.55. The third-order valence-electron chi connectivity index (χ3n) is 3.80. The van der Waals surface area contributed by atoms with Gasteiger partial charge in [-0.1, -0.05) is 17.7 Å². The summed E-state index contributed by atoms with van der Waals surface area (Å²) in [6.07, 6.45) is 1.43. The van der Waals surface area contributed by atoms with E-state index in [0.717, 1.165) is 0 Å². The van der Waals surface area contributed by atoms with E-state index in [-0.39, 0.29) is 16.4 Å². The normalized spacial score (nSPS) is 11.0. The smallest absolute Gasteiger partial charge is 0.259 e. The van der Waals surface area contributed by atoms with Crippen molar-refractivity contribution in [2.24, 2.45) is 0 Å². The van der Waals surface area contributed by atoms with Crippen LogP contribution in [0.3, 0.4) is 0 Å². The van der Waals surface area contributed by atoms with Gasteiger partial charge in [0.15, 0.2) is 0 Å². The number of ether oxygens (including phenoxy) is 1. The van der Waals surface area contributed by atoms with Gasteiger partial charge in [-0.05, 0) is 61.3 Å². The first kappa shape index (κ1) is 20.6. The molecule has 0 saturated carbocycles. The minimum Gasteiger partial charge on any atom is -0.496 e. The fourth-order valence-electron chi connectivity index (χ4n) is 2.41. The highest BCUT2D eigenvalue weighted by Crippen LogP contribution is 2.26. The molecule has 0 fully saturated rings. The molecule has 150 valence electrons. The zero-order chi connectivity index (χ0) is 21.0. The fourth-order valence-corrected chi connectivity index (χ4v) is 3.47. The van der Waals surface area contributed by atoms with Crippen molar-refractivity contribution in [2.45, 2.75) is 11.8 Å². The Morgan fingerprint density at radius 1 is 1.14 bits per heavy atom. The van der Waals surface area contributed by atoms with E-state index in [9.17, 15) is 13.2 Å². The van der Waals surface area contributed by atoms with E-state index in [4.69, 9.17) is 16.3 Å². The van der Waals surface area contributed by atoms with Gasteiger partial charge in [-0.3, -0.25) is 9.52 Å². The van der Waals surface area contributed by atoms with Crippen LogP contribution in [-0.2, 0) is 10.0 Å². The zero-order valence-electron chi connectivity index (χ0n) is 15.5. The first-order chi connectivity index (χ1) is 13.8. The van der Waals surface area contributed by atoms with Gasteiger partial charge in [0.05, 0.1) is 17.6 Å². The largest absolute Gasteiger partial charge is 0.496 e. The maximum absolute atomic E-state index is 12.5. The Kier molecular flexibility index (Phi) is 6.00. The van der Waals surface area contributed by atoms with Crippen LogP contribution in [0.5, 0.6) is 5.75 Å². The minimum atomic E-state index is -3.99. The molecule has 0 radical (unpaired) electrons. The highest BCUT2D eigenvalue weighted by molar-refractivity contribution is 7.94. The van der Waals surface area contributed by atoms with Crippen LogP contribution in [0.4, 0.5) is 11.6 Å². The number of rotatable bonds is 6. The third-order valence-corrected chi connectivity index (χ3v) is 5.31. The van der Waals surface area contributed by atoms with Crippen molar-refractivity contribution in [1.82, 2.24) is 9.97 Å². The van der Waals surface area contributed by atoms with Crippen LogP contribution in [0.15, 0.2) is 59.6 Å². The topological polar surface area (TPSA) is 112 Å². The number of carbonyl (C=O) groups excluding carboxylic acids is 1. The maximum atomic E-state index is 12.5. The van der Waals surface area contributed by atoms with Gasteiger partial charge in [0.25, 0.3) is 5.91 Å². The Labute approximate surface area is 173 Å². The Balaban J connectivity index is 1.76. The van der Waals surface area contributed by atoms with Gasteiger partial charge < -0.3 is 20.0 Å². The highest BCUT2D eigenvalue weighted by Gasteiger charge is 2.15. The van der Waals surface area contributed by atoms with Crippen LogP contribution in [0, 0.1) is 6.92 Å². The molecule has 0 unspecified atom stereocenters. The highest BCUT2D eigenvalue weighted by atomic mass is 35.5. The van der Waals surface area contributed by atoms with Crippen LogP contribution in [-0.4, -0.2) is 31.4 Å². The number of halogens is 1. The standard InChI is InChI=1S/C19H17ClN4O4S/c1-12-9-10-21-19(22-12)24-29(26,27)15-6-4-14(5-7-15)23-18(25)16-11-13(20)3-8-17(16)28-2/h3-11H,1-2H3,(H2,21,22,23,24,25)/p-1. The van der Waals surface area contributed by atoms with E-state index >= 15 is 0 Å². The number of amides is 1. The second kappa shape index (κ2) is 8.46. The summed E-state index contributed by atoms with van der Waals surface area (Å²) in [6.45, 7) is 1.71.